The molecule has 0 radical (unpaired) electrons. The highest BCUT2D eigenvalue weighted by atomic mass is 32.2. The molecule has 0 bridgehead atoms. The van der Waals surface area contributed by atoms with Crippen LogP contribution in [0.1, 0.15) is 12.8 Å². The molecule has 0 atom stereocenters. The van der Waals surface area contributed by atoms with Crippen LogP contribution in [0.3, 0.4) is 0 Å². The fourth-order valence-corrected chi connectivity index (χ4v) is 3.10. The van der Waals surface area contributed by atoms with Crippen molar-refractivity contribution >= 4 is 34.9 Å². The second kappa shape index (κ2) is 6.24. The molecule has 0 aliphatic carbocycles. The van der Waals surface area contributed by atoms with Crippen LogP contribution in [0.5, 0.6) is 0 Å². The minimum absolute atomic E-state index is 0.626. The SMILES string of the molecule is CSc1nnc(SCCCC#N)s1. The fraction of sp³-hybridized carbons (Fsp3) is 0.571. The van der Waals surface area contributed by atoms with E-state index >= 15 is 0 Å². The maximum absolute atomic E-state index is 8.32. The van der Waals surface area contributed by atoms with Crippen LogP contribution in [0, 0.1) is 11.3 Å². The smallest absolute Gasteiger partial charge is 0.175 e. The van der Waals surface area contributed by atoms with Gasteiger partial charge < -0.3 is 0 Å². The fourth-order valence-electron chi connectivity index (χ4n) is 0.649. The molecular weight excluding hydrogens is 222 g/mol. The van der Waals surface area contributed by atoms with Gasteiger partial charge in [-0.1, -0.05) is 34.9 Å². The van der Waals surface area contributed by atoms with Gasteiger partial charge in [-0.25, -0.2) is 0 Å². The first-order valence-corrected chi connectivity index (χ1v) is 6.76. The number of nitriles is 1. The van der Waals surface area contributed by atoms with Crippen LogP contribution < -0.4 is 0 Å². The van der Waals surface area contributed by atoms with E-state index in [4.69, 9.17) is 5.26 Å². The minimum Gasteiger partial charge on any atom is -0.198 e. The highest BCUT2D eigenvalue weighted by Crippen LogP contribution is 2.27. The van der Waals surface area contributed by atoms with Crippen molar-refractivity contribution in [1.29, 1.82) is 5.26 Å². The molecular formula is C7H9N3S3. The zero-order valence-corrected chi connectivity index (χ0v) is 9.64. The van der Waals surface area contributed by atoms with E-state index < -0.39 is 0 Å². The van der Waals surface area contributed by atoms with Gasteiger partial charge in [-0.15, -0.1) is 10.2 Å². The monoisotopic (exact) mass is 231 g/mol. The molecule has 6 heteroatoms. The van der Waals surface area contributed by atoms with Crippen molar-refractivity contribution in [2.75, 3.05) is 12.0 Å². The van der Waals surface area contributed by atoms with Crippen LogP contribution in [0.15, 0.2) is 8.68 Å². The van der Waals surface area contributed by atoms with Gasteiger partial charge in [0.25, 0.3) is 0 Å². The Morgan fingerprint density at radius 2 is 2.23 bits per heavy atom. The molecule has 0 saturated heterocycles. The maximum atomic E-state index is 8.32. The van der Waals surface area contributed by atoms with Crippen LogP contribution in [-0.4, -0.2) is 22.2 Å². The molecule has 3 nitrogen and oxygen atoms in total. The summed E-state index contributed by atoms with van der Waals surface area (Å²) < 4.78 is 2.00. The summed E-state index contributed by atoms with van der Waals surface area (Å²) in [6, 6.07) is 2.12. The molecule has 70 valence electrons. The summed E-state index contributed by atoms with van der Waals surface area (Å²) in [5.74, 6) is 0.955. The third kappa shape index (κ3) is 3.98. The van der Waals surface area contributed by atoms with E-state index in [1.165, 1.54) is 0 Å². The van der Waals surface area contributed by atoms with Gasteiger partial charge in [0.2, 0.25) is 0 Å². The molecule has 0 amide bonds. The Hall–Kier alpha value is -0.250. The van der Waals surface area contributed by atoms with Crippen molar-refractivity contribution in [3.63, 3.8) is 0 Å². The Bertz CT molecular complexity index is 291. The third-order valence-electron chi connectivity index (χ3n) is 1.22. The second-order valence-corrected chi connectivity index (χ2v) is 5.52. The van der Waals surface area contributed by atoms with Crippen LogP contribution >= 0.6 is 34.9 Å². The molecule has 0 aliphatic heterocycles. The molecule has 0 N–H and O–H groups in total. The van der Waals surface area contributed by atoms with Gasteiger partial charge in [-0.05, 0) is 12.7 Å². The summed E-state index contributed by atoms with van der Waals surface area (Å²) >= 11 is 4.90. The normalized spacial score (nSPS) is 9.85. The van der Waals surface area contributed by atoms with Gasteiger partial charge in [0.1, 0.15) is 0 Å². The maximum Gasteiger partial charge on any atom is 0.175 e. The topological polar surface area (TPSA) is 49.6 Å². The molecule has 1 heterocycles. The largest absolute Gasteiger partial charge is 0.198 e. The Morgan fingerprint density at radius 1 is 1.46 bits per heavy atom. The molecule has 0 fully saturated rings. The van der Waals surface area contributed by atoms with Gasteiger partial charge in [-0.2, -0.15) is 5.26 Å². The molecule has 0 aromatic carbocycles. The Kier molecular flexibility index (Phi) is 5.20. The average molecular weight is 231 g/mol. The van der Waals surface area contributed by atoms with Crippen molar-refractivity contribution in [2.24, 2.45) is 0 Å². The predicted molar refractivity (Wildman–Crippen MR) is 57.3 cm³/mol. The van der Waals surface area contributed by atoms with E-state index in [-0.39, 0.29) is 0 Å². The lowest BCUT2D eigenvalue weighted by molar-refractivity contribution is 0.946. The standard InChI is InChI=1S/C7H9N3S3/c1-11-6-9-10-7(13-6)12-5-3-2-4-8/h2-3,5H2,1H3. The summed E-state index contributed by atoms with van der Waals surface area (Å²) in [7, 11) is 0. The Labute approximate surface area is 89.9 Å². The number of unbranched alkanes of at least 4 members (excludes halogenated alkanes) is 1. The molecule has 1 aromatic rings. The van der Waals surface area contributed by atoms with Gasteiger partial charge in [-0.3, -0.25) is 0 Å². The first kappa shape index (κ1) is 10.8. The van der Waals surface area contributed by atoms with E-state index in [2.05, 4.69) is 16.3 Å². The van der Waals surface area contributed by atoms with E-state index in [0.29, 0.717) is 6.42 Å². The predicted octanol–water partition coefficient (Wildman–Crippen LogP) is 2.66. The van der Waals surface area contributed by atoms with E-state index in [1.807, 2.05) is 6.26 Å². The first-order chi connectivity index (χ1) is 6.36. The highest BCUT2D eigenvalue weighted by Gasteiger charge is 2.02. The highest BCUT2D eigenvalue weighted by molar-refractivity contribution is 8.02. The molecule has 0 aliphatic rings. The summed E-state index contributed by atoms with van der Waals surface area (Å²) in [5, 5.41) is 16.3. The molecule has 0 unspecified atom stereocenters. The lowest BCUT2D eigenvalue weighted by Crippen LogP contribution is -1.78. The number of rotatable bonds is 5. The van der Waals surface area contributed by atoms with E-state index in [0.717, 1.165) is 20.9 Å². The number of nitrogens with zero attached hydrogens (tertiary/aromatic N) is 3. The summed E-state index contributed by atoms with van der Waals surface area (Å²) in [5.41, 5.74) is 0. The van der Waals surface area contributed by atoms with Crippen LogP contribution in [-0.2, 0) is 0 Å². The molecule has 0 spiro atoms. The first-order valence-electron chi connectivity index (χ1n) is 3.74. The molecule has 0 saturated carbocycles. The van der Waals surface area contributed by atoms with Crippen LogP contribution in [0.2, 0.25) is 0 Å². The lowest BCUT2D eigenvalue weighted by Gasteiger charge is -1.90. The van der Waals surface area contributed by atoms with Gasteiger partial charge in [0, 0.05) is 12.2 Å². The lowest BCUT2D eigenvalue weighted by atomic mass is 10.4. The zero-order valence-electron chi connectivity index (χ0n) is 7.19. The van der Waals surface area contributed by atoms with Gasteiger partial charge >= 0.3 is 0 Å². The molecule has 13 heavy (non-hydrogen) atoms. The third-order valence-corrected chi connectivity index (χ3v) is 4.34. The molecule has 1 aromatic heterocycles. The Morgan fingerprint density at radius 3 is 2.85 bits per heavy atom. The second-order valence-electron chi connectivity index (χ2n) is 2.15. The van der Waals surface area contributed by atoms with Crippen molar-refractivity contribution in [3.8, 4) is 6.07 Å². The Balaban J connectivity index is 2.25. The number of thioether (sulfide) groups is 2. The van der Waals surface area contributed by atoms with Gasteiger partial charge in [0.05, 0.1) is 6.07 Å². The zero-order chi connectivity index (χ0) is 9.52. The summed E-state index contributed by atoms with van der Waals surface area (Å²) in [4.78, 5) is 0. The van der Waals surface area contributed by atoms with Crippen LogP contribution in [0.4, 0.5) is 0 Å². The van der Waals surface area contributed by atoms with Crippen molar-refractivity contribution < 1.29 is 0 Å². The minimum atomic E-state index is 0.626. The van der Waals surface area contributed by atoms with Crippen molar-refractivity contribution in [3.05, 3.63) is 0 Å². The molecule has 1 rings (SSSR count). The van der Waals surface area contributed by atoms with Gasteiger partial charge in [0.15, 0.2) is 8.68 Å². The summed E-state index contributed by atoms with van der Waals surface area (Å²) in [6.07, 6.45) is 3.54. The van der Waals surface area contributed by atoms with Crippen LogP contribution in [0.25, 0.3) is 0 Å². The van der Waals surface area contributed by atoms with Crippen molar-refractivity contribution in [2.45, 2.75) is 21.5 Å². The quantitative estimate of drug-likeness (QED) is 0.576. The average Bonchev–Trinajstić information content (AvgIpc) is 2.60. The number of hydrogen-bond acceptors (Lipinski definition) is 6. The van der Waals surface area contributed by atoms with Crippen molar-refractivity contribution in [1.82, 2.24) is 10.2 Å². The summed E-state index contributed by atoms with van der Waals surface area (Å²) in [6.45, 7) is 0. The number of hydrogen-bond donors (Lipinski definition) is 0. The van der Waals surface area contributed by atoms with E-state index in [9.17, 15) is 0 Å². The van der Waals surface area contributed by atoms with E-state index in [1.54, 1.807) is 34.9 Å². The number of aromatic nitrogens is 2.